The smallest absolute Gasteiger partial charge is 0.323 e. The predicted octanol–water partition coefficient (Wildman–Crippen LogP) is 0.809. The first kappa shape index (κ1) is 17.1. The molecule has 0 saturated heterocycles. The van der Waals surface area contributed by atoms with Crippen LogP contribution in [0, 0.1) is 5.82 Å². The lowest BCUT2D eigenvalue weighted by atomic mass is 10.1. The number of aliphatic hydroxyl groups is 1. The van der Waals surface area contributed by atoms with Crippen LogP contribution in [0.15, 0.2) is 24.3 Å². The minimum absolute atomic E-state index is 0.109. The van der Waals surface area contributed by atoms with Crippen LogP contribution in [-0.2, 0) is 14.3 Å². The minimum atomic E-state index is -1.19. The van der Waals surface area contributed by atoms with Crippen LogP contribution in [0.5, 0.6) is 0 Å². The summed E-state index contributed by atoms with van der Waals surface area (Å²) in [5, 5.41) is 18.7. The first-order chi connectivity index (χ1) is 9.93. The van der Waals surface area contributed by atoms with Gasteiger partial charge in [0.15, 0.2) is 0 Å². The summed E-state index contributed by atoms with van der Waals surface area (Å²) in [6, 6.07) is 5.29. The second-order valence-electron chi connectivity index (χ2n) is 4.48. The Labute approximate surface area is 121 Å². The average Bonchev–Trinajstić information content (AvgIpc) is 2.42. The summed E-state index contributed by atoms with van der Waals surface area (Å²) in [4.78, 5) is 23.8. The third-order valence-electron chi connectivity index (χ3n) is 2.85. The van der Waals surface area contributed by atoms with Gasteiger partial charge < -0.3 is 19.8 Å². The van der Waals surface area contributed by atoms with Crippen molar-refractivity contribution in [2.75, 3.05) is 26.8 Å². The van der Waals surface area contributed by atoms with Crippen molar-refractivity contribution in [3.8, 4) is 0 Å². The van der Waals surface area contributed by atoms with E-state index in [0.29, 0.717) is 0 Å². The highest BCUT2D eigenvalue weighted by Crippen LogP contribution is 2.18. The molecular weight excluding hydrogens is 281 g/mol. The fourth-order valence-electron chi connectivity index (χ4n) is 1.78. The summed E-state index contributed by atoms with van der Waals surface area (Å²) in [6.07, 6.45) is -1.51. The zero-order chi connectivity index (χ0) is 15.8. The van der Waals surface area contributed by atoms with Crippen LogP contribution < -0.4 is 0 Å². The molecule has 0 radical (unpaired) electrons. The molecule has 6 nitrogen and oxygen atoms in total. The number of methoxy groups -OCH3 is 1. The van der Waals surface area contributed by atoms with Gasteiger partial charge in [-0.05, 0) is 17.7 Å². The van der Waals surface area contributed by atoms with Crippen LogP contribution in [-0.4, -0.2) is 53.8 Å². The van der Waals surface area contributed by atoms with Gasteiger partial charge in [-0.15, -0.1) is 0 Å². The quantitative estimate of drug-likeness (QED) is 0.741. The zero-order valence-electron chi connectivity index (χ0n) is 11.7. The van der Waals surface area contributed by atoms with Crippen LogP contribution in [0.4, 0.5) is 4.39 Å². The normalized spacial score (nSPS) is 12.0. The number of rotatable bonds is 8. The minimum Gasteiger partial charge on any atom is -0.480 e. The van der Waals surface area contributed by atoms with Gasteiger partial charge in [0.25, 0.3) is 0 Å². The van der Waals surface area contributed by atoms with Crippen LogP contribution in [0.1, 0.15) is 18.1 Å². The molecule has 1 rings (SSSR count). The molecule has 1 aromatic carbocycles. The molecule has 0 heterocycles. The number of amides is 1. The number of aliphatic hydroxyl groups excluding tert-OH is 1. The summed E-state index contributed by atoms with van der Waals surface area (Å²) in [5.41, 5.74) is 0.269. The molecule has 7 heteroatoms. The lowest BCUT2D eigenvalue weighted by Gasteiger charge is -2.22. The van der Waals surface area contributed by atoms with Gasteiger partial charge >= 0.3 is 5.97 Å². The van der Waals surface area contributed by atoms with Gasteiger partial charge in [-0.1, -0.05) is 12.1 Å². The van der Waals surface area contributed by atoms with Gasteiger partial charge in [-0.2, -0.15) is 0 Å². The largest absolute Gasteiger partial charge is 0.480 e. The summed E-state index contributed by atoms with van der Waals surface area (Å²) in [5.74, 6) is -2.20. The van der Waals surface area contributed by atoms with E-state index in [1.807, 2.05) is 0 Å². The topological polar surface area (TPSA) is 87.1 Å². The Morgan fingerprint density at radius 1 is 1.43 bits per heavy atom. The SMILES string of the molecule is COCCN(CC(=O)O)C(=O)CC(O)c1cccc(F)c1. The van der Waals surface area contributed by atoms with E-state index in [-0.39, 0.29) is 25.1 Å². The third kappa shape index (κ3) is 5.88. The van der Waals surface area contributed by atoms with Crippen molar-refractivity contribution >= 4 is 11.9 Å². The second kappa shape index (κ2) is 8.33. The molecule has 116 valence electrons. The molecule has 0 aliphatic carbocycles. The molecule has 0 aliphatic rings. The van der Waals surface area contributed by atoms with Crippen molar-refractivity contribution in [3.63, 3.8) is 0 Å². The van der Waals surface area contributed by atoms with E-state index in [9.17, 15) is 19.1 Å². The predicted molar refractivity (Wildman–Crippen MR) is 72.1 cm³/mol. The molecule has 0 aromatic heterocycles. The maximum Gasteiger partial charge on any atom is 0.323 e. The molecule has 1 amide bonds. The highest BCUT2D eigenvalue weighted by Gasteiger charge is 2.20. The van der Waals surface area contributed by atoms with E-state index >= 15 is 0 Å². The molecule has 2 N–H and O–H groups in total. The number of ether oxygens (including phenoxy) is 1. The molecule has 0 bridgehead atoms. The molecule has 0 saturated carbocycles. The van der Waals surface area contributed by atoms with Gasteiger partial charge in [0.2, 0.25) is 5.91 Å². The molecule has 0 aliphatic heterocycles. The van der Waals surface area contributed by atoms with Gasteiger partial charge in [-0.3, -0.25) is 9.59 Å². The van der Waals surface area contributed by atoms with E-state index in [2.05, 4.69) is 0 Å². The zero-order valence-corrected chi connectivity index (χ0v) is 11.7. The number of carboxylic acid groups (broad SMARTS) is 1. The van der Waals surface area contributed by atoms with Crippen LogP contribution >= 0.6 is 0 Å². The summed E-state index contributed by atoms with van der Waals surface area (Å²) >= 11 is 0. The monoisotopic (exact) mass is 299 g/mol. The van der Waals surface area contributed by atoms with Gasteiger partial charge in [0.1, 0.15) is 12.4 Å². The van der Waals surface area contributed by atoms with Crippen molar-refractivity contribution in [1.82, 2.24) is 4.90 Å². The number of carbonyl (C=O) groups is 2. The molecule has 1 aromatic rings. The Hall–Kier alpha value is -1.99. The summed E-state index contributed by atoms with van der Waals surface area (Å²) in [7, 11) is 1.44. The van der Waals surface area contributed by atoms with Crippen LogP contribution in [0.25, 0.3) is 0 Å². The fourth-order valence-corrected chi connectivity index (χ4v) is 1.78. The molecule has 0 fully saturated rings. The number of benzene rings is 1. The van der Waals surface area contributed by atoms with Crippen molar-refractivity contribution in [3.05, 3.63) is 35.6 Å². The van der Waals surface area contributed by atoms with Gasteiger partial charge in [0, 0.05) is 13.7 Å². The van der Waals surface area contributed by atoms with Crippen LogP contribution in [0.3, 0.4) is 0 Å². The van der Waals surface area contributed by atoms with E-state index in [1.165, 1.54) is 25.3 Å². The molecule has 1 atom stereocenters. The number of carbonyl (C=O) groups excluding carboxylic acids is 1. The van der Waals surface area contributed by atoms with Crippen molar-refractivity contribution in [2.24, 2.45) is 0 Å². The lowest BCUT2D eigenvalue weighted by molar-refractivity contribution is -0.145. The number of hydrogen-bond donors (Lipinski definition) is 2. The Morgan fingerprint density at radius 3 is 2.71 bits per heavy atom. The molecule has 0 spiro atoms. The van der Waals surface area contributed by atoms with E-state index in [4.69, 9.17) is 9.84 Å². The van der Waals surface area contributed by atoms with Crippen LogP contribution in [0.2, 0.25) is 0 Å². The Bertz CT molecular complexity index is 494. The van der Waals surface area contributed by atoms with Crippen molar-refractivity contribution in [1.29, 1.82) is 0 Å². The van der Waals surface area contributed by atoms with E-state index in [0.717, 1.165) is 11.0 Å². The number of hydrogen-bond acceptors (Lipinski definition) is 4. The standard InChI is InChI=1S/C14H18FNO5/c1-21-6-5-16(9-14(19)20)13(18)8-12(17)10-3-2-4-11(15)7-10/h2-4,7,12,17H,5-6,8-9H2,1H3,(H,19,20). The number of halogens is 1. The molecule has 1 unspecified atom stereocenters. The fraction of sp³-hybridized carbons (Fsp3) is 0.429. The highest BCUT2D eigenvalue weighted by molar-refractivity contribution is 5.81. The van der Waals surface area contributed by atoms with E-state index in [1.54, 1.807) is 0 Å². The van der Waals surface area contributed by atoms with Crippen molar-refractivity contribution in [2.45, 2.75) is 12.5 Å². The maximum atomic E-state index is 13.1. The molecular formula is C14H18FNO5. The lowest BCUT2D eigenvalue weighted by Crippen LogP contribution is -2.38. The van der Waals surface area contributed by atoms with Gasteiger partial charge in [-0.25, -0.2) is 4.39 Å². The highest BCUT2D eigenvalue weighted by atomic mass is 19.1. The maximum absolute atomic E-state index is 13.1. The summed E-state index contributed by atoms with van der Waals surface area (Å²) in [6.45, 7) is -0.176. The van der Waals surface area contributed by atoms with E-state index < -0.39 is 30.3 Å². The van der Waals surface area contributed by atoms with Crippen molar-refractivity contribution < 1.29 is 28.9 Å². The molecule has 21 heavy (non-hydrogen) atoms. The Balaban J connectivity index is 2.68. The Kier molecular flexibility index (Phi) is 6.77. The second-order valence-corrected chi connectivity index (χ2v) is 4.48. The number of carboxylic acids is 1. The van der Waals surface area contributed by atoms with Gasteiger partial charge in [0.05, 0.1) is 19.1 Å². The first-order valence-electron chi connectivity index (χ1n) is 6.36. The Morgan fingerprint density at radius 2 is 2.14 bits per heavy atom. The first-order valence-corrected chi connectivity index (χ1v) is 6.36. The third-order valence-corrected chi connectivity index (χ3v) is 2.85. The summed E-state index contributed by atoms with van der Waals surface area (Å²) < 4.78 is 17.9. The number of nitrogens with zero attached hydrogens (tertiary/aromatic N) is 1. The average molecular weight is 299 g/mol. The number of aliphatic carboxylic acids is 1.